The molecule has 3 aromatic heterocycles. The Balaban J connectivity index is 0.000000211. The summed E-state index contributed by atoms with van der Waals surface area (Å²) in [5.41, 5.74) is 7.87. The lowest BCUT2D eigenvalue weighted by Crippen LogP contribution is -2.59. The molecule has 0 radical (unpaired) electrons. The minimum atomic E-state index is -0.963. The Morgan fingerprint density at radius 2 is 1.43 bits per heavy atom. The molecule has 0 spiro atoms. The van der Waals surface area contributed by atoms with Gasteiger partial charge in [0.2, 0.25) is 17.8 Å². The van der Waals surface area contributed by atoms with Gasteiger partial charge in [0.1, 0.15) is 11.1 Å². The van der Waals surface area contributed by atoms with Crippen LogP contribution in [0.1, 0.15) is 138 Å². The first kappa shape index (κ1) is 51.5. The Kier molecular flexibility index (Phi) is 16.5. The van der Waals surface area contributed by atoms with Gasteiger partial charge in [0.25, 0.3) is 0 Å². The van der Waals surface area contributed by atoms with Gasteiger partial charge in [-0.3, -0.25) is 4.57 Å². The van der Waals surface area contributed by atoms with Crippen molar-refractivity contribution in [1.29, 1.82) is 0 Å². The molecule has 4 atom stereocenters. The van der Waals surface area contributed by atoms with Crippen LogP contribution in [0.3, 0.4) is 0 Å². The number of amides is 2. The Hall–Kier alpha value is -5.40. The number of halogens is 1. The molecule has 2 saturated heterocycles. The number of rotatable bonds is 11. The van der Waals surface area contributed by atoms with E-state index in [1.165, 1.54) is 0 Å². The van der Waals surface area contributed by atoms with Gasteiger partial charge in [0.05, 0.1) is 30.3 Å². The number of hydrogen-bond acceptors (Lipinski definition) is 15. The van der Waals surface area contributed by atoms with Crippen molar-refractivity contribution in [2.45, 2.75) is 186 Å². The van der Waals surface area contributed by atoms with E-state index in [1.807, 2.05) is 45.0 Å². The average molecular weight is 977 g/mol. The summed E-state index contributed by atoms with van der Waals surface area (Å²) >= 11 is 6.25. The van der Waals surface area contributed by atoms with Crippen molar-refractivity contribution in [3.63, 3.8) is 0 Å². The topological polar surface area (TPSA) is 250 Å². The largest absolute Gasteiger partial charge is 0.465 e. The molecule has 20 heteroatoms. The number of anilines is 6. The molecule has 2 aliphatic heterocycles. The fourth-order valence-corrected chi connectivity index (χ4v) is 10.1. The third-order valence-corrected chi connectivity index (χ3v) is 13.9. The molecule has 5 heterocycles. The van der Waals surface area contributed by atoms with E-state index < -0.39 is 17.2 Å². The number of carbonyl (C=O) groups is 2. The lowest BCUT2D eigenvalue weighted by Gasteiger charge is -2.49. The quantitative estimate of drug-likeness (QED) is 0.0696. The van der Waals surface area contributed by atoms with Gasteiger partial charge in [-0.15, -0.1) is 0 Å². The fourth-order valence-electron chi connectivity index (χ4n) is 9.96. The molecule has 0 unspecified atom stereocenters. The summed E-state index contributed by atoms with van der Waals surface area (Å²) in [6, 6.07) is 8.54. The average Bonchev–Trinajstić information content (AvgIpc) is 3.61. The van der Waals surface area contributed by atoms with E-state index in [4.69, 9.17) is 41.5 Å². The van der Waals surface area contributed by atoms with E-state index in [1.54, 1.807) is 12.4 Å². The number of carbonyl (C=O) groups excluding carboxylic acids is 1. The van der Waals surface area contributed by atoms with Crippen molar-refractivity contribution >= 4 is 70.0 Å². The van der Waals surface area contributed by atoms with Crippen molar-refractivity contribution < 1.29 is 28.9 Å². The zero-order chi connectivity index (χ0) is 49.5. The SMILES string of the molecule is C[C@H]1C[C@@H](Nc2ncc(N)c(NC3CCC(NC(=O)O)(C(C)(C)C)CC3)n2)CCO1.C[C@H]1C[C@@H](Nc2ncc3nc(Nc4cccc(Cl)c4)n(C4CCC(NC(=O)OC(C)(C)C)CC4)c3n2)CCO1. The molecule has 2 saturated carbocycles. The highest BCUT2D eigenvalue weighted by Crippen LogP contribution is 2.43. The Morgan fingerprint density at radius 1 is 0.812 bits per heavy atom. The van der Waals surface area contributed by atoms with Crippen LogP contribution < -0.4 is 37.6 Å². The summed E-state index contributed by atoms with van der Waals surface area (Å²) < 4.78 is 18.9. The van der Waals surface area contributed by atoms with Crippen LogP contribution in [0.15, 0.2) is 36.7 Å². The monoisotopic (exact) mass is 976 g/mol. The summed E-state index contributed by atoms with van der Waals surface area (Å²) in [5.74, 6) is 2.49. The molecule has 4 fully saturated rings. The number of nitrogen functional groups attached to an aromatic ring is 1. The summed E-state index contributed by atoms with van der Waals surface area (Å²) in [5, 5.41) is 29.6. The van der Waals surface area contributed by atoms with Gasteiger partial charge in [-0.2, -0.15) is 9.97 Å². The van der Waals surface area contributed by atoms with E-state index in [0.29, 0.717) is 34.4 Å². The van der Waals surface area contributed by atoms with E-state index in [-0.39, 0.29) is 53.9 Å². The molecule has 378 valence electrons. The maximum absolute atomic E-state index is 12.3. The Labute approximate surface area is 411 Å². The highest BCUT2D eigenvalue weighted by molar-refractivity contribution is 6.30. The van der Waals surface area contributed by atoms with Crippen LogP contribution >= 0.6 is 11.6 Å². The van der Waals surface area contributed by atoms with E-state index >= 15 is 0 Å². The smallest absolute Gasteiger partial charge is 0.407 e. The van der Waals surface area contributed by atoms with Crippen LogP contribution in [0.5, 0.6) is 0 Å². The number of hydrogen-bond donors (Lipinski definition) is 8. The standard InChI is InChI=1S/C28H38ClN7O3.C21H36N6O3/c1-17-14-21(12-13-38-17)31-25-30-16-23-24(35-25)36(26(34-23)32-20-7-5-6-18(29)15-20)22-10-8-19(9-11-22)33-27(37)39-28(2,3)4;1-13-11-15(7-10-30-13)25-18-23-12-16(22)17(26-18)24-14-5-8-21(9-6-14,20(2,3)4)27-19(28)29/h5-7,15-17,19,21-22H,8-14H2,1-4H3,(H,32,34)(H,33,37)(H,30,31,35);12-15,27H,5-11,22H2,1-4H3,(H,28,29)(H2,23,24,25,26)/t17-,19?,21-,22?;13-,14?,15-,21?/m00/s1. The first-order chi connectivity index (χ1) is 32.7. The second kappa shape index (κ2) is 22.1. The van der Waals surface area contributed by atoms with Gasteiger partial charge in [-0.1, -0.05) is 38.4 Å². The first-order valence-electron chi connectivity index (χ1n) is 24.6. The number of benzene rings is 1. The molecule has 0 bridgehead atoms. The number of nitrogens with zero attached hydrogens (tertiary/aromatic N) is 6. The summed E-state index contributed by atoms with van der Waals surface area (Å²) in [6.45, 7) is 17.5. The highest BCUT2D eigenvalue weighted by Gasteiger charge is 2.46. The summed E-state index contributed by atoms with van der Waals surface area (Å²) in [7, 11) is 0. The number of nitrogens with one attached hydrogen (secondary N) is 6. The van der Waals surface area contributed by atoms with E-state index in [0.717, 1.165) is 107 Å². The lowest BCUT2D eigenvalue weighted by molar-refractivity contribution is 0.0229. The van der Waals surface area contributed by atoms with Crippen LogP contribution in [-0.4, -0.2) is 108 Å². The van der Waals surface area contributed by atoms with Crippen molar-refractivity contribution in [1.82, 2.24) is 40.1 Å². The predicted molar refractivity (Wildman–Crippen MR) is 271 cm³/mol. The van der Waals surface area contributed by atoms with Gasteiger partial charge in [0, 0.05) is 59.7 Å². The van der Waals surface area contributed by atoms with Crippen LogP contribution in [-0.2, 0) is 14.2 Å². The normalized spacial score (nSPS) is 26.4. The number of ether oxygens (including phenoxy) is 3. The fraction of sp³-hybridized carbons (Fsp3) is 0.653. The zero-order valence-corrected chi connectivity index (χ0v) is 42.3. The maximum atomic E-state index is 12.3. The molecular weight excluding hydrogens is 902 g/mol. The van der Waals surface area contributed by atoms with Crippen LogP contribution in [0.4, 0.5) is 44.6 Å². The second-order valence-corrected chi connectivity index (χ2v) is 21.7. The predicted octanol–water partition coefficient (Wildman–Crippen LogP) is 9.66. The minimum Gasteiger partial charge on any atom is -0.465 e. The van der Waals surface area contributed by atoms with Crippen LogP contribution in [0.2, 0.25) is 5.02 Å². The third-order valence-electron chi connectivity index (χ3n) is 13.7. The van der Waals surface area contributed by atoms with E-state index in [2.05, 4.69) is 86.0 Å². The van der Waals surface area contributed by atoms with Crippen molar-refractivity contribution in [3.8, 4) is 0 Å². The van der Waals surface area contributed by atoms with E-state index in [9.17, 15) is 14.7 Å². The molecule has 9 N–H and O–H groups in total. The molecule has 4 aromatic rings. The minimum absolute atomic E-state index is 0.0672. The van der Waals surface area contributed by atoms with Gasteiger partial charge in [-0.25, -0.2) is 24.5 Å². The third kappa shape index (κ3) is 14.1. The summed E-state index contributed by atoms with van der Waals surface area (Å²) in [6.07, 6.45) is 12.8. The molecule has 1 aromatic carbocycles. The van der Waals surface area contributed by atoms with Crippen LogP contribution in [0, 0.1) is 5.41 Å². The first-order valence-corrected chi connectivity index (χ1v) is 25.0. The lowest BCUT2D eigenvalue weighted by atomic mass is 9.64. The van der Waals surface area contributed by atoms with Crippen LogP contribution in [0.25, 0.3) is 11.2 Å². The van der Waals surface area contributed by atoms with Crippen molar-refractivity contribution in [2.75, 3.05) is 40.2 Å². The molecule has 2 aliphatic carbocycles. The van der Waals surface area contributed by atoms with Gasteiger partial charge >= 0.3 is 12.2 Å². The molecule has 4 aliphatic rings. The number of fused-ring (bicyclic) bond motifs is 1. The summed E-state index contributed by atoms with van der Waals surface area (Å²) in [4.78, 5) is 47.0. The molecular formula is C49H74ClN13O6. The van der Waals surface area contributed by atoms with Crippen molar-refractivity contribution in [3.05, 3.63) is 41.7 Å². The van der Waals surface area contributed by atoms with Gasteiger partial charge in [-0.05, 0) is 135 Å². The van der Waals surface area contributed by atoms with Gasteiger partial charge < -0.3 is 57.0 Å². The maximum Gasteiger partial charge on any atom is 0.407 e. The Bertz CT molecular complexity index is 2360. The zero-order valence-electron chi connectivity index (χ0n) is 41.5. The number of aromatic nitrogens is 6. The number of nitrogens with two attached hydrogens (primary N) is 1. The number of carboxylic acid groups (broad SMARTS) is 1. The molecule has 8 rings (SSSR count). The molecule has 2 amide bonds. The number of imidazole rings is 1. The molecule has 19 nitrogen and oxygen atoms in total. The number of alkyl carbamates (subject to hydrolysis) is 1. The second-order valence-electron chi connectivity index (χ2n) is 21.3. The highest BCUT2D eigenvalue weighted by atomic mass is 35.5. The molecule has 69 heavy (non-hydrogen) atoms. The van der Waals surface area contributed by atoms with Crippen molar-refractivity contribution in [2.24, 2.45) is 5.41 Å². The van der Waals surface area contributed by atoms with Gasteiger partial charge in [0.15, 0.2) is 11.5 Å². The Morgan fingerprint density at radius 3 is 2.01 bits per heavy atom.